The largest absolute Gasteiger partial charge is 0.353 e. The molecule has 4 rings (SSSR count). The molecule has 1 N–H and O–H groups in total. The third-order valence-electron chi connectivity index (χ3n) is 5.14. The van der Waals surface area contributed by atoms with E-state index in [0.717, 1.165) is 30.0 Å². The van der Waals surface area contributed by atoms with Gasteiger partial charge in [-0.05, 0) is 41.8 Å². The van der Waals surface area contributed by atoms with E-state index in [1.807, 2.05) is 35.2 Å². The van der Waals surface area contributed by atoms with Gasteiger partial charge in [0.2, 0.25) is 5.91 Å². The van der Waals surface area contributed by atoms with E-state index in [0.29, 0.717) is 30.2 Å². The molecule has 0 atom stereocenters. The van der Waals surface area contributed by atoms with Gasteiger partial charge in [-0.1, -0.05) is 35.9 Å². The molecule has 2 heterocycles. The first-order valence-electron chi connectivity index (χ1n) is 9.67. The van der Waals surface area contributed by atoms with Crippen LogP contribution < -0.4 is 4.90 Å². The highest BCUT2D eigenvalue weighted by atomic mass is 35.5. The summed E-state index contributed by atoms with van der Waals surface area (Å²) in [5.41, 5.74) is 2.66. The fourth-order valence-corrected chi connectivity index (χ4v) is 3.71. The summed E-state index contributed by atoms with van der Waals surface area (Å²) in [6.07, 6.45) is 1.08. The Labute approximate surface area is 174 Å². The van der Waals surface area contributed by atoms with Gasteiger partial charge in [0.25, 0.3) is 0 Å². The van der Waals surface area contributed by atoms with Crippen molar-refractivity contribution in [2.45, 2.75) is 12.8 Å². The van der Waals surface area contributed by atoms with Gasteiger partial charge in [0.15, 0.2) is 5.82 Å². The van der Waals surface area contributed by atoms with Gasteiger partial charge in [-0.15, -0.1) is 0 Å². The molecule has 1 saturated heterocycles. The fourth-order valence-electron chi connectivity index (χ4n) is 3.58. The number of aromatic amines is 1. The van der Waals surface area contributed by atoms with Gasteiger partial charge in [0.05, 0.1) is 12.1 Å². The number of nitrogens with zero attached hydrogens (tertiary/aromatic N) is 3. The molecule has 1 aliphatic rings. The Hall–Kier alpha value is -2.86. The number of amides is 1. The normalized spacial score (nSPS) is 14.7. The molecule has 0 aliphatic carbocycles. The molecule has 5 nitrogen and oxygen atoms in total. The van der Waals surface area contributed by atoms with Gasteiger partial charge in [0.1, 0.15) is 5.82 Å². The third-order valence-corrected chi connectivity index (χ3v) is 5.39. The quantitative estimate of drug-likeness (QED) is 0.700. The number of H-pyrrole nitrogens is 1. The van der Waals surface area contributed by atoms with E-state index in [2.05, 4.69) is 15.1 Å². The fraction of sp³-hybridized carbons (Fsp3) is 0.273. The molecule has 0 spiro atoms. The van der Waals surface area contributed by atoms with Crippen LogP contribution in [0.15, 0.2) is 54.6 Å². The Balaban J connectivity index is 1.39. The Kier molecular flexibility index (Phi) is 5.81. The van der Waals surface area contributed by atoms with Gasteiger partial charge < -0.3 is 9.80 Å². The summed E-state index contributed by atoms with van der Waals surface area (Å²) in [6, 6.07) is 15.9. The van der Waals surface area contributed by atoms with Gasteiger partial charge in [-0.2, -0.15) is 5.10 Å². The number of nitrogens with one attached hydrogen (secondary N) is 1. The van der Waals surface area contributed by atoms with Gasteiger partial charge in [0, 0.05) is 37.3 Å². The zero-order valence-electron chi connectivity index (χ0n) is 15.9. The van der Waals surface area contributed by atoms with E-state index in [1.54, 1.807) is 12.1 Å². The zero-order valence-corrected chi connectivity index (χ0v) is 16.7. The maximum absolute atomic E-state index is 13.4. The van der Waals surface area contributed by atoms with E-state index in [-0.39, 0.29) is 18.1 Å². The number of anilines is 1. The first-order valence-corrected chi connectivity index (χ1v) is 10.0. The molecule has 1 aromatic heterocycles. The highest BCUT2D eigenvalue weighted by Gasteiger charge is 2.21. The molecule has 0 saturated carbocycles. The predicted octanol–water partition coefficient (Wildman–Crippen LogP) is 4.15. The van der Waals surface area contributed by atoms with E-state index >= 15 is 0 Å². The van der Waals surface area contributed by atoms with E-state index < -0.39 is 0 Å². The summed E-state index contributed by atoms with van der Waals surface area (Å²) in [7, 11) is 0. The summed E-state index contributed by atoms with van der Waals surface area (Å²) < 4.78 is 13.4. The van der Waals surface area contributed by atoms with Crippen LogP contribution in [0.5, 0.6) is 0 Å². The second-order valence-corrected chi connectivity index (χ2v) is 7.61. The lowest BCUT2D eigenvalue weighted by Crippen LogP contribution is -2.36. The van der Waals surface area contributed by atoms with Crippen LogP contribution >= 0.6 is 11.6 Å². The standard InChI is InChI=1S/C22H22ClFN4O/c23-18-7-5-17(6-8-18)20-15-21(26-25-20)27-9-2-10-28(12-11-27)22(29)14-16-3-1-4-19(24)13-16/h1,3-8,13,15H,2,9-12,14H2,(H,25,26). The van der Waals surface area contributed by atoms with Crippen LogP contribution in [-0.2, 0) is 11.2 Å². The molecular formula is C22H22ClFN4O. The number of aromatic nitrogens is 2. The van der Waals surface area contributed by atoms with Gasteiger partial charge >= 0.3 is 0 Å². The van der Waals surface area contributed by atoms with Crippen LogP contribution in [0.2, 0.25) is 5.02 Å². The van der Waals surface area contributed by atoms with Crippen LogP contribution in [0.25, 0.3) is 11.3 Å². The molecule has 0 unspecified atom stereocenters. The number of benzene rings is 2. The van der Waals surface area contributed by atoms with Crippen LogP contribution in [0, 0.1) is 5.82 Å². The Morgan fingerprint density at radius 2 is 1.90 bits per heavy atom. The van der Waals surface area contributed by atoms with Crippen molar-refractivity contribution in [1.82, 2.24) is 15.1 Å². The van der Waals surface area contributed by atoms with Crippen molar-refractivity contribution in [1.29, 1.82) is 0 Å². The molecule has 150 valence electrons. The second-order valence-electron chi connectivity index (χ2n) is 7.17. The third kappa shape index (κ3) is 4.77. The number of hydrogen-bond acceptors (Lipinski definition) is 3. The predicted molar refractivity (Wildman–Crippen MR) is 113 cm³/mol. The summed E-state index contributed by atoms with van der Waals surface area (Å²) in [6.45, 7) is 2.85. The first kappa shape index (κ1) is 19.5. The van der Waals surface area contributed by atoms with E-state index in [4.69, 9.17) is 11.6 Å². The lowest BCUT2D eigenvalue weighted by Gasteiger charge is -2.22. The Morgan fingerprint density at radius 3 is 2.69 bits per heavy atom. The van der Waals surface area contributed by atoms with Gasteiger partial charge in [-0.25, -0.2) is 4.39 Å². The van der Waals surface area contributed by atoms with Crippen molar-refractivity contribution in [2.24, 2.45) is 0 Å². The van der Waals surface area contributed by atoms with Crippen LogP contribution in [-0.4, -0.2) is 47.2 Å². The Morgan fingerprint density at radius 1 is 1.07 bits per heavy atom. The van der Waals surface area contributed by atoms with Crippen molar-refractivity contribution in [3.63, 3.8) is 0 Å². The average molecular weight is 413 g/mol. The highest BCUT2D eigenvalue weighted by Crippen LogP contribution is 2.24. The van der Waals surface area contributed by atoms with Crippen molar-refractivity contribution >= 4 is 23.3 Å². The molecule has 0 bridgehead atoms. The van der Waals surface area contributed by atoms with Crippen LogP contribution in [0.4, 0.5) is 10.2 Å². The summed E-state index contributed by atoms with van der Waals surface area (Å²) >= 11 is 5.96. The minimum atomic E-state index is -0.313. The van der Waals surface area contributed by atoms with Crippen LogP contribution in [0.1, 0.15) is 12.0 Å². The van der Waals surface area contributed by atoms with Crippen LogP contribution in [0.3, 0.4) is 0 Å². The van der Waals surface area contributed by atoms with Gasteiger partial charge in [-0.3, -0.25) is 9.89 Å². The second kappa shape index (κ2) is 8.66. The monoisotopic (exact) mass is 412 g/mol. The summed E-state index contributed by atoms with van der Waals surface area (Å²) in [5, 5.41) is 8.23. The highest BCUT2D eigenvalue weighted by molar-refractivity contribution is 6.30. The smallest absolute Gasteiger partial charge is 0.227 e. The number of rotatable bonds is 4. The maximum Gasteiger partial charge on any atom is 0.227 e. The number of carbonyl (C=O) groups excluding carboxylic acids is 1. The van der Waals surface area contributed by atoms with E-state index in [9.17, 15) is 9.18 Å². The minimum absolute atomic E-state index is 0.0290. The number of carbonyl (C=O) groups is 1. The molecule has 1 aliphatic heterocycles. The van der Waals surface area contributed by atoms with Crippen molar-refractivity contribution in [3.8, 4) is 11.3 Å². The molecular weight excluding hydrogens is 391 g/mol. The molecule has 3 aromatic rings. The summed E-state index contributed by atoms with van der Waals surface area (Å²) in [4.78, 5) is 16.7. The topological polar surface area (TPSA) is 52.2 Å². The van der Waals surface area contributed by atoms with Crippen molar-refractivity contribution in [2.75, 3.05) is 31.1 Å². The minimum Gasteiger partial charge on any atom is -0.353 e. The zero-order chi connectivity index (χ0) is 20.2. The maximum atomic E-state index is 13.4. The molecule has 1 amide bonds. The Bertz CT molecular complexity index is 988. The van der Waals surface area contributed by atoms with Crippen molar-refractivity contribution < 1.29 is 9.18 Å². The lowest BCUT2D eigenvalue weighted by molar-refractivity contribution is -0.130. The molecule has 29 heavy (non-hydrogen) atoms. The number of hydrogen-bond donors (Lipinski definition) is 1. The molecule has 0 radical (unpaired) electrons. The SMILES string of the molecule is O=C(Cc1cccc(F)c1)N1CCCN(c2cc(-c3ccc(Cl)cc3)[nH]n2)CC1. The summed E-state index contributed by atoms with van der Waals surface area (Å²) in [5.74, 6) is 0.586. The number of halogens is 2. The molecule has 2 aromatic carbocycles. The lowest BCUT2D eigenvalue weighted by atomic mass is 10.1. The molecule has 1 fully saturated rings. The first-order chi connectivity index (χ1) is 14.1. The molecule has 7 heteroatoms. The average Bonchev–Trinajstić information content (AvgIpc) is 3.06. The van der Waals surface area contributed by atoms with Crippen molar-refractivity contribution in [3.05, 3.63) is 71.0 Å². The van der Waals surface area contributed by atoms with E-state index in [1.165, 1.54) is 12.1 Å².